The van der Waals surface area contributed by atoms with E-state index in [1.54, 1.807) is 12.1 Å². The quantitative estimate of drug-likeness (QED) is 0.489. The number of hydrogen-bond acceptors (Lipinski definition) is 2. The molecule has 22 heavy (non-hydrogen) atoms. The van der Waals surface area contributed by atoms with Gasteiger partial charge in [-0.2, -0.15) is 0 Å². The molecule has 0 aliphatic heterocycles. The van der Waals surface area contributed by atoms with Gasteiger partial charge in [0.15, 0.2) is 0 Å². The molecule has 2 aromatic carbocycles. The molecule has 0 unspecified atom stereocenters. The van der Waals surface area contributed by atoms with Gasteiger partial charge < -0.3 is 20.2 Å². The van der Waals surface area contributed by atoms with Crippen LogP contribution in [0.2, 0.25) is 0 Å². The van der Waals surface area contributed by atoms with Gasteiger partial charge in [0.25, 0.3) is 0 Å². The second-order valence-corrected chi connectivity index (χ2v) is 6.69. The SMILES string of the molecule is [O-]c1c(-c2[nH]c3cccc(Br)c3c2[O-])[nH]c2cccc(Br)c12. The Morgan fingerprint density at radius 1 is 0.682 bits per heavy atom. The van der Waals surface area contributed by atoms with Crippen molar-refractivity contribution in [1.29, 1.82) is 0 Å². The first kappa shape index (κ1) is 13.7. The summed E-state index contributed by atoms with van der Waals surface area (Å²) in [6, 6.07) is 10.9. The lowest BCUT2D eigenvalue weighted by molar-refractivity contribution is -0.268. The highest BCUT2D eigenvalue weighted by atomic mass is 79.9. The van der Waals surface area contributed by atoms with Gasteiger partial charge >= 0.3 is 0 Å². The highest BCUT2D eigenvalue weighted by Gasteiger charge is 2.13. The van der Waals surface area contributed by atoms with E-state index in [-0.39, 0.29) is 22.9 Å². The number of fused-ring (bicyclic) bond motifs is 2. The van der Waals surface area contributed by atoms with Crippen LogP contribution in [0.15, 0.2) is 45.3 Å². The molecule has 0 saturated carbocycles. The van der Waals surface area contributed by atoms with Crippen molar-refractivity contribution in [2.24, 2.45) is 0 Å². The van der Waals surface area contributed by atoms with E-state index in [9.17, 15) is 10.2 Å². The summed E-state index contributed by atoms with van der Waals surface area (Å²) in [6.07, 6.45) is 0. The molecule has 0 radical (unpaired) electrons. The van der Waals surface area contributed by atoms with Crippen molar-refractivity contribution in [2.45, 2.75) is 0 Å². The molecule has 4 aromatic rings. The van der Waals surface area contributed by atoms with E-state index in [0.29, 0.717) is 30.8 Å². The predicted octanol–water partition coefficient (Wildman–Crippen LogP) is 3.99. The summed E-state index contributed by atoms with van der Waals surface area (Å²) in [7, 11) is 0. The predicted molar refractivity (Wildman–Crippen MR) is 89.9 cm³/mol. The van der Waals surface area contributed by atoms with E-state index < -0.39 is 0 Å². The van der Waals surface area contributed by atoms with Crippen LogP contribution in [0.25, 0.3) is 33.2 Å². The Balaban J connectivity index is 2.08. The van der Waals surface area contributed by atoms with Crippen molar-refractivity contribution in [3.8, 4) is 22.9 Å². The van der Waals surface area contributed by atoms with Gasteiger partial charge in [-0.05, 0) is 24.3 Å². The molecule has 2 aromatic heterocycles. The molecule has 0 aliphatic carbocycles. The van der Waals surface area contributed by atoms with Gasteiger partial charge in [-0.25, -0.2) is 0 Å². The van der Waals surface area contributed by atoms with E-state index >= 15 is 0 Å². The zero-order valence-electron chi connectivity index (χ0n) is 11.0. The number of halogens is 2. The Morgan fingerprint density at radius 3 is 1.45 bits per heavy atom. The van der Waals surface area contributed by atoms with Crippen molar-refractivity contribution < 1.29 is 10.2 Å². The average molecular weight is 420 g/mol. The summed E-state index contributed by atoms with van der Waals surface area (Å²) in [5.41, 5.74) is 1.97. The van der Waals surface area contributed by atoms with Crippen molar-refractivity contribution >= 4 is 53.7 Å². The molecule has 110 valence electrons. The molecular formula is C16H8Br2N2O2-2. The molecule has 0 amide bonds. The number of benzene rings is 2. The van der Waals surface area contributed by atoms with Gasteiger partial charge in [0, 0.05) is 30.8 Å². The highest BCUT2D eigenvalue weighted by Crippen LogP contribution is 2.43. The van der Waals surface area contributed by atoms with Crippen LogP contribution in [0.4, 0.5) is 0 Å². The summed E-state index contributed by atoms with van der Waals surface area (Å²) >= 11 is 6.77. The lowest BCUT2D eigenvalue weighted by Crippen LogP contribution is -1.95. The maximum Gasteiger partial charge on any atom is 0.0545 e. The Hall–Kier alpha value is -1.92. The summed E-state index contributed by atoms with van der Waals surface area (Å²) in [5, 5.41) is 26.4. The molecule has 0 bridgehead atoms. The minimum atomic E-state index is -0.192. The number of hydrogen-bond donors (Lipinski definition) is 2. The third-order valence-electron chi connectivity index (χ3n) is 3.70. The summed E-state index contributed by atoms with van der Waals surface area (Å²) in [5.74, 6) is -0.385. The maximum absolute atomic E-state index is 12.6. The number of rotatable bonds is 1. The molecule has 0 spiro atoms. The number of H-pyrrole nitrogens is 2. The first-order chi connectivity index (χ1) is 10.6. The van der Waals surface area contributed by atoms with Gasteiger partial charge in [0.1, 0.15) is 0 Å². The van der Waals surface area contributed by atoms with Crippen LogP contribution in [0.3, 0.4) is 0 Å². The van der Waals surface area contributed by atoms with Gasteiger partial charge in [-0.15, -0.1) is 0 Å². The van der Waals surface area contributed by atoms with Gasteiger partial charge in [0.05, 0.1) is 11.4 Å². The van der Waals surface area contributed by atoms with Crippen molar-refractivity contribution in [3.63, 3.8) is 0 Å². The van der Waals surface area contributed by atoms with Crippen molar-refractivity contribution in [1.82, 2.24) is 9.97 Å². The second-order valence-electron chi connectivity index (χ2n) is 4.98. The molecule has 0 atom stereocenters. The van der Waals surface area contributed by atoms with Crippen LogP contribution in [-0.2, 0) is 0 Å². The number of aromatic amines is 2. The summed E-state index contributed by atoms with van der Waals surface area (Å²) < 4.78 is 1.42. The first-order valence-electron chi connectivity index (χ1n) is 6.52. The molecule has 2 N–H and O–H groups in total. The molecular weight excluding hydrogens is 412 g/mol. The van der Waals surface area contributed by atoms with Crippen LogP contribution in [0, 0.1) is 0 Å². The van der Waals surface area contributed by atoms with Crippen LogP contribution in [0.5, 0.6) is 11.5 Å². The minimum Gasteiger partial charge on any atom is -0.871 e. The number of aromatic nitrogens is 2. The van der Waals surface area contributed by atoms with Crippen LogP contribution < -0.4 is 10.2 Å². The van der Waals surface area contributed by atoms with Crippen LogP contribution >= 0.6 is 31.9 Å². The van der Waals surface area contributed by atoms with Crippen molar-refractivity contribution in [2.75, 3.05) is 0 Å². The highest BCUT2D eigenvalue weighted by molar-refractivity contribution is 9.11. The molecule has 0 saturated heterocycles. The van der Waals surface area contributed by atoms with E-state index in [0.717, 1.165) is 0 Å². The van der Waals surface area contributed by atoms with Crippen LogP contribution in [0.1, 0.15) is 0 Å². The second kappa shape index (κ2) is 4.79. The zero-order chi connectivity index (χ0) is 15.4. The Kier molecular flexibility index (Phi) is 2.99. The van der Waals surface area contributed by atoms with E-state index in [1.165, 1.54) is 0 Å². The summed E-state index contributed by atoms with van der Waals surface area (Å²) in [4.78, 5) is 6.11. The van der Waals surface area contributed by atoms with Gasteiger partial charge in [-0.1, -0.05) is 55.5 Å². The van der Waals surface area contributed by atoms with E-state index in [2.05, 4.69) is 41.8 Å². The van der Waals surface area contributed by atoms with E-state index in [4.69, 9.17) is 0 Å². The lowest BCUT2D eigenvalue weighted by atomic mass is 10.2. The monoisotopic (exact) mass is 418 g/mol. The maximum atomic E-state index is 12.6. The Bertz CT molecular complexity index is 950. The normalized spacial score (nSPS) is 11.5. The Labute approximate surface area is 142 Å². The van der Waals surface area contributed by atoms with Gasteiger partial charge in [-0.3, -0.25) is 0 Å². The smallest absolute Gasteiger partial charge is 0.0545 e. The fraction of sp³-hybridized carbons (Fsp3) is 0. The fourth-order valence-corrected chi connectivity index (χ4v) is 3.80. The molecule has 0 fully saturated rings. The molecule has 2 heterocycles. The minimum absolute atomic E-state index is 0.192. The summed E-state index contributed by atoms with van der Waals surface area (Å²) in [6.45, 7) is 0. The van der Waals surface area contributed by atoms with Crippen molar-refractivity contribution in [3.05, 3.63) is 45.3 Å². The van der Waals surface area contributed by atoms with Gasteiger partial charge in [0.2, 0.25) is 0 Å². The molecule has 4 nitrogen and oxygen atoms in total. The largest absolute Gasteiger partial charge is 0.871 e. The molecule has 4 rings (SSSR count). The Morgan fingerprint density at radius 2 is 1.09 bits per heavy atom. The first-order valence-corrected chi connectivity index (χ1v) is 8.11. The average Bonchev–Trinajstić information content (AvgIpc) is 2.99. The van der Waals surface area contributed by atoms with Crippen LogP contribution in [-0.4, -0.2) is 9.97 Å². The number of nitrogens with one attached hydrogen (secondary N) is 2. The van der Waals surface area contributed by atoms with E-state index in [1.807, 2.05) is 24.3 Å². The zero-order valence-corrected chi connectivity index (χ0v) is 14.2. The topological polar surface area (TPSA) is 77.7 Å². The fourth-order valence-electron chi connectivity index (χ4n) is 2.70. The molecule has 0 aliphatic rings. The standard InChI is InChI=1S/C16H10Br2N2O2/c17-7-3-1-5-9-11(7)15(21)13(19-9)14-16(22)12-8(18)4-2-6-10(12)20-14/h1-6,19-22H/p-2. The molecule has 6 heteroatoms. The third kappa shape index (κ3) is 1.80. The lowest BCUT2D eigenvalue weighted by Gasteiger charge is -2.12. The third-order valence-corrected chi connectivity index (χ3v) is 5.03.